The fourth-order valence-electron chi connectivity index (χ4n) is 6.78. The maximum Gasteiger partial charge on any atom is 0.201 e. The smallest absolute Gasteiger partial charge is 0.201 e. The Morgan fingerprint density at radius 2 is 0.509 bits per heavy atom. The number of unbranched alkanes of at least 4 members (excludes halogenated alkanes) is 24. The molecular formula is C48H82O7. The van der Waals surface area contributed by atoms with Gasteiger partial charge in [0.1, 0.15) is 11.5 Å². The van der Waals surface area contributed by atoms with Gasteiger partial charge in [-0.3, -0.25) is 0 Å². The molecule has 0 fully saturated rings. The molecular weight excluding hydrogens is 689 g/mol. The summed E-state index contributed by atoms with van der Waals surface area (Å²) in [5, 5.41) is 22.5. The third kappa shape index (κ3) is 23.0. The predicted octanol–water partition coefficient (Wildman–Crippen LogP) is 15.4. The molecule has 316 valence electrons. The van der Waals surface area contributed by atoms with Crippen molar-refractivity contribution in [2.45, 2.75) is 207 Å². The van der Waals surface area contributed by atoms with Crippen LogP contribution in [0.1, 0.15) is 207 Å². The molecule has 0 aliphatic rings. The maximum atomic E-state index is 11.2. The lowest BCUT2D eigenvalue weighted by molar-refractivity contribution is 0.260. The van der Waals surface area contributed by atoms with E-state index in [-0.39, 0.29) is 11.5 Å². The Labute approximate surface area is 337 Å². The van der Waals surface area contributed by atoms with Crippen LogP contribution in [0.5, 0.6) is 46.0 Å². The molecule has 0 unspecified atom stereocenters. The van der Waals surface area contributed by atoms with Crippen molar-refractivity contribution in [3.63, 3.8) is 0 Å². The van der Waals surface area contributed by atoms with Crippen LogP contribution < -0.4 is 23.7 Å². The Morgan fingerprint density at radius 3 is 0.727 bits per heavy atom. The second-order valence-corrected chi connectivity index (χ2v) is 15.5. The van der Waals surface area contributed by atoms with Crippen LogP contribution in [0.4, 0.5) is 0 Å². The highest BCUT2D eigenvalue weighted by atomic mass is 16.5. The molecule has 0 saturated heterocycles. The van der Waals surface area contributed by atoms with E-state index < -0.39 is 0 Å². The number of phenolic OH excluding ortho intramolecular Hbond substituents is 2. The van der Waals surface area contributed by atoms with Gasteiger partial charge in [-0.25, -0.2) is 0 Å². The highest BCUT2D eigenvalue weighted by Crippen LogP contribution is 2.45. The Balaban J connectivity index is 2.18. The zero-order chi connectivity index (χ0) is 39.6. The molecule has 0 spiro atoms. The van der Waals surface area contributed by atoms with Gasteiger partial charge in [-0.15, -0.1) is 0 Å². The minimum atomic E-state index is 0.00128. The molecule has 0 atom stereocenters. The maximum absolute atomic E-state index is 11.2. The van der Waals surface area contributed by atoms with Gasteiger partial charge in [-0.1, -0.05) is 182 Å². The summed E-state index contributed by atoms with van der Waals surface area (Å²) in [6, 6.07) is 6.90. The van der Waals surface area contributed by atoms with E-state index in [0.29, 0.717) is 60.9 Å². The van der Waals surface area contributed by atoms with Crippen LogP contribution in [0.15, 0.2) is 24.3 Å². The number of rotatable bonds is 38. The fraction of sp³-hybridized carbons (Fsp3) is 0.750. The summed E-state index contributed by atoms with van der Waals surface area (Å²) < 4.78 is 31.0. The van der Waals surface area contributed by atoms with E-state index in [9.17, 15) is 10.2 Å². The van der Waals surface area contributed by atoms with E-state index in [4.69, 9.17) is 23.7 Å². The normalized spacial score (nSPS) is 11.2. The first-order valence-corrected chi connectivity index (χ1v) is 23.0. The summed E-state index contributed by atoms with van der Waals surface area (Å²) >= 11 is 0. The average molecular weight is 771 g/mol. The summed E-state index contributed by atoms with van der Waals surface area (Å²) in [7, 11) is 0. The standard InChI is InChI=1S/C48H82O7/c1-5-9-13-17-21-25-29-33-51-43-37-41(38-44(47(43)49)52-34-30-26-22-18-14-10-6-2)55-42-39-45(53-35-31-27-23-19-15-11-7-3)48(50)46(40-42)54-36-32-28-24-20-16-12-8-4/h37-40,49-50H,5-36H2,1-4H3. The molecule has 0 aromatic heterocycles. The van der Waals surface area contributed by atoms with Crippen molar-refractivity contribution in [2.75, 3.05) is 26.4 Å². The zero-order valence-corrected chi connectivity index (χ0v) is 35.9. The van der Waals surface area contributed by atoms with E-state index in [1.165, 1.54) is 128 Å². The summed E-state index contributed by atoms with van der Waals surface area (Å²) in [5.74, 6) is 2.35. The summed E-state index contributed by atoms with van der Waals surface area (Å²) in [5.41, 5.74) is 0. The molecule has 0 bridgehead atoms. The molecule has 0 saturated carbocycles. The van der Waals surface area contributed by atoms with Crippen LogP contribution in [-0.2, 0) is 0 Å². The minimum Gasteiger partial charge on any atom is -0.502 e. The first kappa shape index (κ1) is 48.2. The van der Waals surface area contributed by atoms with Gasteiger partial charge in [0.15, 0.2) is 23.0 Å². The lowest BCUT2D eigenvalue weighted by Crippen LogP contribution is -2.03. The zero-order valence-electron chi connectivity index (χ0n) is 35.9. The minimum absolute atomic E-state index is 0.00128. The monoisotopic (exact) mass is 771 g/mol. The van der Waals surface area contributed by atoms with Crippen LogP contribution in [0.3, 0.4) is 0 Å². The van der Waals surface area contributed by atoms with Crippen LogP contribution >= 0.6 is 0 Å². The van der Waals surface area contributed by atoms with Crippen molar-refractivity contribution in [3.8, 4) is 46.0 Å². The third-order valence-corrected chi connectivity index (χ3v) is 10.3. The number of phenols is 2. The Morgan fingerprint density at radius 1 is 0.309 bits per heavy atom. The van der Waals surface area contributed by atoms with Crippen molar-refractivity contribution in [1.29, 1.82) is 0 Å². The van der Waals surface area contributed by atoms with Crippen LogP contribution in [0.2, 0.25) is 0 Å². The van der Waals surface area contributed by atoms with Crippen molar-refractivity contribution in [2.24, 2.45) is 0 Å². The molecule has 0 radical (unpaired) electrons. The number of aromatic hydroxyl groups is 2. The molecule has 0 heterocycles. The second kappa shape index (κ2) is 33.2. The molecule has 0 amide bonds. The van der Waals surface area contributed by atoms with Gasteiger partial charge in [0.25, 0.3) is 0 Å². The van der Waals surface area contributed by atoms with E-state index in [1.54, 1.807) is 24.3 Å². The van der Waals surface area contributed by atoms with Gasteiger partial charge in [0.2, 0.25) is 11.5 Å². The number of hydrogen-bond acceptors (Lipinski definition) is 7. The Kier molecular flexibility index (Phi) is 29.1. The molecule has 7 nitrogen and oxygen atoms in total. The molecule has 2 N–H and O–H groups in total. The molecule has 2 aromatic rings. The SMILES string of the molecule is CCCCCCCCCOc1cc(Oc2cc(OCCCCCCCCC)c(O)c(OCCCCCCCCC)c2)cc(OCCCCCCCCC)c1O. The van der Waals surface area contributed by atoms with Crippen molar-refractivity contribution in [3.05, 3.63) is 24.3 Å². The second-order valence-electron chi connectivity index (χ2n) is 15.5. The summed E-state index contributed by atoms with van der Waals surface area (Å²) in [6.45, 7) is 11.0. The van der Waals surface area contributed by atoms with Crippen molar-refractivity contribution >= 4 is 0 Å². The molecule has 0 aliphatic heterocycles. The van der Waals surface area contributed by atoms with Gasteiger partial charge in [-0.2, -0.15) is 0 Å². The Bertz CT molecular complexity index is 1030. The number of hydrogen-bond donors (Lipinski definition) is 2. The van der Waals surface area contributed by atoms with E-state index in [2.05, 4.69) is 27.7 Å². The first-order valence-electron chi connectivity index (χ1n) is 23.0. The van der Waals surface area contributed by atoms with E-state index >= 15 is 0 Å². The fourth-order valence-corrected chi connectivity index (χ4v) is 6.78. The molecule has 7 heteroatoms. The lowest BCUT2D eigenvalue weighted by atomic mass is 10.1. The van der Waals surface area contributed by atoms with E-state index in [0.717, 1.165) is 51.4 Å². The quantitative estimate of drug-likeness (QED) is 0.0658. The largest absolute Gasteiger partial charge is 0.502 e. The van der Waals surface area contributed by atoms with Crippen molar-refractivity contribution in [1.82, 2.24) is 0 Å². The van der Waals surface area contributed by atoms with E-state index in [1.807, 2.05) is 0 Å². The van der Waals surface area contributed by atoms with Gasteiger partial charge >= 0.3 is 0 Å². The predicted molar refractivity (Wildman–Crippen MR) is 230 cm³/mol. The summed E-state index contributed by atoms with van der Waals surface area (Å²) in [4.78, 5) is 0. The van der Waals surface area contributed by atoms with Gasteiger partial charge in [-0.05, 0) is 25.7 Å². The Hall–Kier alpha value is -2.96. The third-order valence-electron chi connectivity index (χ3n) is 10.3. The number of benzene rings is 2. The number of ether oxygens (including phenoxy) is 5. The van der Waals surface area contributed by atoms with Crippen molar-refractivity contribution < 1.29 is 33.9 Å². The van der Waals surface area contributed by atoms with Gasteiger partial charge in [0.05, 0.1) is 26.4 Å². The van der Waals surface area contributed by atoms with Crippen LogP contribution in [0.25, 0.3) is 0 Å². The molecule has 55 heavy (non-hydrogen) atoms. The average Bonchev–Trinajstić information content (AvgIpc) is 3.18. The van der Waals surface area contributed by atoms with Gasteiger partial charge < -0.3 is 33.9 Å². The van der Waals surface area contributed by atoms with Gasteiger partial charge in [0, 0.05) is 24.3 Å². The highest BCUT2D eigenvalue weighted by molar-refractivity contribution is 5.58. The first-order chi connectivity index (χ1) is 27.0. The molecule has 0 aliphatic carbocycles. The topological polar surface area (TPSA) is 86.6 Å². The van der Waals surface area contributed by atoms with Crippen LogP contribution in [-0.4, -0.2) is 36.6 Å². The lowest BCUT2D eigenvalue weighted by Gasteiger charge is -2.17. The highest BCUT2D eigenvalue weighted by Gasteiger charge is 2.18. The summed E-state index contributed by atoms with van der Waals surface area (Å²) in [6.07, 6.45) is 33.1. The van der Waals surface area contributed by atoms with Crippen LogP contribution in [0, 0.1) is 0 Å². The molecule has 2 rings (SSSR count). The molecule has 2 aromatic carbocycles.